The predicted octanol–water partition coefficient (Wildman–Crippen LogP) is 2.40. The van der Waals surface area contributed by atoms with Crippen molar-refractivity contribution in [2.45, 2.75) is 52.9 Å². The number of carbonyl (C=O) groups is 1. The largest absolute Gasteiger partial charge is 0.342 e. The van der Waals surface area contributed by atoms with Gasteiger partial charge in [0.1, 0.15) is 0 Å². The Balaban J connectivity index is 1.95. The predicted molar refractivity (Wildman–Crippen MR) is 74.1 cm³/mol. The lowest BCUT2D eigenvalue weighted by Crippen LogP contribution is -2.56. The van der Waals surface area contributed by atoms with E-state index in [0.717, 1.165) is 38.8 Å². The van der Waals surface area contributed by atoms with Gasteiger partial charge >= 0.3 is 0 Å². The number of amides is 1. The van der Waals surface area contributed by atoms with Crippen LogP contribution in [0.4, 0.5) is 0 Å². The summed E-state index contributed by atoms with van der Waals surface area (Å²) < 4.78 is 0. The highest BCUT2D eigenvalue weighted by molar-refractivity contribution is 5.84. The maximum Gasteiger partial charge on any atom is 0.230 e. The Morgan fingerprint density at radius 3 is 2.28 bits per heavy atom. The lowest BCUT2D eigenvalue weighted by Gasteiger charge is -2.49. The Morgan fingerprint density at radius 2 is 1.89 bits per heavy atom. The van der Waals surface area contributed by atoms with Crippen molar-refractivity contribution in [3.8, 4) is 0 Å². The van der Waals surface area contributed by atoms with Crippen LogP contribution in [0.25, 0.3) is 0 Å². The van der Waals surface area contributed by atoms with Crippen molar-refractivity contribution in [1.29, 1.82) is 0 Å². The first kappa shape index (κ1) is 13.9. The van der Waals surface area contributed by atoms with E-state index in [1.807, 2.05) is 0 Å². The van der Waals surface area contributed by atoms with Crippen LogP contribution in [0.15, 0.2) is 0 Å². The second-order valence-electron chi connectivity index (χ2n) is 6.95. The minimum atomic E-state index is -0.209. The van der Waals surface area contributed by atoms with Gasteiger partial charge in [-0.15, -0.1) is 0 Å². The molecule has 0 atom stereocenters. The first-order chi connectivity index (χ1) is 8.45. The van der Waals surface area contributed by atoms with Gasteiger partial charge in [0, 0.05) is 19.6 Å². The van der Waals surface area contributed by atoms with Crippen molar-refractivity contribution in [3.05, 3.63) is 0 Å². The van der Waals surface area contributed by atoms with Crippen molar-refractivity contribution in [3.63, 3.8) is 0 Å². The van der Waals surface area contributed by atoms with E-state index in [9.17, 15) is 4.79 Å². The Labute approximate surface area is 111 Å². The van der Waals surface area contributed by atoms with E-state index >= 15 is 0 Å². The molecule has 2 N–H and O–H groups in total. The molecular formula is C15H28N2O. The molecule has 0 bridgehead atoms. The molecule has 0 unspecified atom stereocenters. The summed E-state index contributed by atoms with van der Waals surface area (Å²) in [5, 5.41) is 0. The molecule has 0 aromatic rings. The van der Waals surface area contributed by atoms with Crippen LogP contribution in [0.3, 0.4) is 0 Å². The van der Waals surface area contributed by atoms with Crippen molar-refractivity contribution in [2.24, 2.45) is 22.5 Å². The molecule has 3 heteroatoms. The van der Waals surface area contributed by atoms with Crippen LogP contribution in [0.1, 0.15) is 52.9 Å². The lowest BCUT2D eigenvalue weighted by atomic mass is 9.61. The summed E-state index contributed by atoms with van der Waals surface area (Å²) >= 11 is 0. The Bertz CT molecular complexity index is 312. The maximum absolute atomic E-state index is 12.6. The van der Waals surface area contributed by atoms with E-state index in [2.05, 4.69) is 25.7 Å². The lowest BCUT2D eigenvalue weighted by molar-refractivity contribution is -0.152. The number of nitrogens with zero attached hydrogens (tertiary/aromatic N) is 1. The zero-order chi connectivity index (χ0) is 13.4. The Hall–Kier alpha value is -0.570. The van der Waals surface area contributed by atoms with Gasteiger partial charge < -0.3 is 10.6 Å². The van der Waals surface area contributed by atoms with E-state index in [1.54, 1.807) is 0 Å². The highest BCUT2D eigenvalue weighted by Crippen LogP contribution is 2.47. The summed E-state index contributed by atoms with van der Waals surface area (Å²) in [5.74, 6) is 1.00. The van der Waals surface area contributed by atoms with Gasteiger partial charge in [0.15, 0.2) is 0 Å². The van der Waals surface area contributed by atoms with Crippen molar-refractivity contribution >= 4 is 5.91 Å². The molecule has 2 aliphatic rings. The molecule has 2 rings (SSSR count). The number of likely N-dealkylation sites (tertiary alicyclic amines) is 1. The average molecular weight is 252 g/mol. The van der Waals surface area contributed by atoms with Gasteiger partial charge in [0.05, 0.1) is 5.41 Å². The fraction of sp³-hybridized carbons (Fsp3) is 0.933. The molecule has 0 radical (unpaired) electrons. The highest BCUT2D eigenvalue weighted by atomic mass is 16.2. The summed E-state index contributed by atoms with van der Waals surface area (Å²) in [4.78, 5) is 14.7. The molecule has 3 nitrogen and oxygen atoms in total. The monoisotopic (exact) mass is 252 g/mol. The van der Waals surface area contributed by atoms with Gasteiger partial charge in [-0.2, -0.15) is 0 Å². The molecule has 18 heavy (non-hydrogen) atoms. The number of rotatable bonds is 3. The van der Waals surface area contributed by atoms with E-state index in [0.29, 0.717) is 23.8 Å². The van der Waals surface area contributed by atoms with Gasteiger partial charge in [-0.1, -0.05) is 27.2 Å². The van der Waals surface area contributed by atoms with Crippen LogP contribution in [-0.2, 0) is 4.79 Å². The van der Waals surface area contributed by atoms with Gasteiger partial charge in [-0.25, -0.2) is 0 Å². The SMILES string of the molecule is CCC1(C)CCN(C(=O)C2(CN)CC(C)C2)CC1. The normalized spacial score (nSPS) is 35.1. The maximum atomic E-state index is 12.6. The van der Waals surface area contributed by atoms with Gasteiger partial charge in [-0.3, -0.25) is 4.79 Å². The van der Waals surface area contributed by atoms with Gasteiger partial charge in [0.25, 0.3) is 0 Å². The first-order valence-corrected chi connectivity index (χ1v) is 7.44. The van der Waals surface area contributed by atoms with Crippen molar-refractivity contribution in [1.82, 2.24) is 4.90 Å². The smallest absolute Gasteiger partial charge is 0.230 e. The number of carbonyl (C=O) groups excluding carboxylic acids is 1. The van der Waals surface area contributed by atoms with Crippen molar-refractivity contribution in [2.75, 3.05) is 19.6 Å². The van der Waals surface area contributed by atoms with Crippen LogP contribution in [0.5, 0.6) is 0 Å². The topological polar surface area (TPSA) is 46.3 Å². The molecule has 1 aliphatic heterocycles. The van der Waals surface area contributed by atoms with Crippen LogP contribution < -0.4 is 5.73 Å². The first-order valence-electron chi connectivity index (χ1n) is 7.44. The second-order valence-corrected chi connectivity index (χ2v) is 6.95. The highest BCUT2D eigenvalue weighted by Gasteiger charge is 2.49. The van der Waals surface area contributed by atoms with Crippen molar-refractivity contribution < 1.29 is 4.79 Å². The van der Waals surface area contributed by atoms with E-state index < -0.39 is 0 Å². The summed E-state index contributed by atoms with van der Waals surface area (Å²) in [5.41, 5.74) is 6.11. The summed E-state index contributed by atoms with van der Waals surface area (Å²) in [7, 11) is 0. The molecule has 2 fully saturated rings. The Kier molecular flexibility index (Phi) is 3.72. The number of piperidine rings is 1. The zero-order valence-electron chi connectivity index (χ0n) is 12.2. The third kappa shape index (κ3) is 2.29. The molecule has 0 aromatic carbocycles. The van der Waals surface area contributed by atoms with Crippen LogP contribution in [0.2, 0.25) is 0 Å². The quantitative estimate of drug-likeness (QED) is 0.838. The molecule has 0 spiro atoms. The molecule has 1 saturated heterocycles. The number of hydrogen-bond donors (Lipinski definition) is 1. The third-order valence-corrected chi connectivity index (χ3v) is 5.43. The van der Waals surface area contributed by atoms with Crippen LogP contribution >= 0.6 is 0 Å². The molecule has 1 aliphatic carbocycles. The second kappa shape index (κ2) is 4.84. The minimum absolute atomic E-state index is 0.209. The Morgan fingerprint density at radius 1 is 1.33 bits per heavy atom. The number of nitrogens with two attached hydrogens (primary N) is 1. The van der Waals surface area contributed by atoms with E-state index in [4.69, 9.17) is 5.73 Å². The minimum Gasteiger partial charge on any atom is -0.342 e. The fourth-order valence-electron chi connectivity index (χ4n) is 3.64. The molecule has 1 saturated carbocycles. The average Bonchev–Trinajstić information content (AvgIpc) is 2.35. The summed E-state index contributed by atoms with van der Waals surface area (Å²) in [6, 6.07) is 0. The van der Waals surface area contributed by atoms with Gasteiger partial charge in [0.2, 0.25) is 5.91 Å². The summed E-state index contributed by atoms with van der Waals surface area (Å²) in [6.07, 6.45) is 5.48. The fourth-order valence-corrected chi connectivity index (χ4v) is 3.64. The molecule has 0 aromatic heterocycles. The molecular weight excluding hydrogens is 224 g/mol. The molecule has 104 valence electrons. The standard InChI is InChI=1S/C15H28N2O/c1-4-14(3)5-7-17(8-6-14)13(18)15(11-16)9-12(2)10-15/h12H,4-11,16H2,1-3H3. The third-order valence-electron chi connectivity index (χ3n) is 5.43. The molecule has 1 amide bonds. The number of hydrogen-bond acceptors (Lipinski definition) is 2. The zero-order valence-corrected chi connectivity index (χ0v) is 12.2. The van der Waals surface area contributed by atoms with E-state index in [1.165, 1.54) is 6.42 Å². The van der Waals surface area contributed by atoms with Gasteiger partial charge in [-0.05, 0) is 37.0 Å². The summed E-state index contributed by atoms with van der Waals surface area (Å²) in [6.45, 7) is 9.20. The van der Waals surface area contributed by atoms with E-state index in [-0.39, 0.29) is 5.41 Å². The van der Waals surface area contributed by atoms with Crippen LogP contribution in [0, 0.1) is 16.7 Å². The van der Waals surface area contributed by atoms with Crippen LogP contribution in [-0.4, -0.2) is 30.4 Å². The molecule has 1 heterocycles.